The maximum atomic E-state index is 14.1. The van der Waals surface area contributed by atoms with E-state index in [2.05, 4.69) is 15.1 Å². The summed E-state index contributed by atoms with van der Waals surface area (Å²) in [6.45, 7) is 1.84. The molecule has 0 bridgehead atoms. The number of alkyl halides is 3. The Morgan fingerprint density at radius 3 is 2.46 bits per heavy atom. The van der Waals surface area contributed by atoms with Crippen LogP contribution in [0.1, 0.15) is 16.7 Å². The van der Waals surface area contributed by atoms with Gasteiger partial charge in [0, 0.05) is 43.1 Å². The van der Waals surface area contributed by atoms with E-state index in [4.69, 9.17) is 0 Å². The van der Waals surface area contributed by atoms with Gasteiger partial charge in [0.15, 0.2) is 0 Å². The van der Waals surface area contributed by atoms with E-state index < -0.39 is 23.5 Å². The van der Waals surface area contributed by atoms with E-state index in [9.17, 15) is 22.4 Å². The van der Waals surface area contributed by atoms with Crippen LogP contribution < -0.4 is 15.1 Å². The van der Waals surface area contributed by atoms with Gasteiger partial charge in [0.05, 0.1) is 17.5 Å². The number of carbonyl (C=O) groups excluding carboxylic acids is 1. The summed E-state index contributed by atoms with van der Waals surface area (Å²) in [4.78, 5) is 17.6. The standard InChI is InChI=1S/C27H25F4N3O/c28-23-9-5-4-6-18(23)16-32-26(35)22-15-19-14-20(27(29,30)31)10-11-24(19)34-13-12-33(17-25(22)34)21-7-2-1-3-8-21/h1-11,14,22,25H,12-13,15-17H2,(H,32,35)/t22-,25+/m0/s1. The molecule has 3 aromatic carbocycles. The van der Waals surface area contributed by atoms with Gasteiger partial charge in [0.25, 0.3) is 0 Å². The SMILES string of the molecule is O=C(NCc1ccccc1F)[C@H]1Cc2cc(C(F)(F)F)ccc2N2CCN(c3ccccc3)C[C@H]12. The molecule has 0 unspecified atom stereocenters. The van der Waals surface area contributed by atoms with Crippen LogP contribution in [0.25, 0.3) is 0 Å². The molecule has 1 fully saturated rings. The van der Waals surface area contributed by atoms with Gasteiger partial charge in [-0.2, -0.15) is 13.2 Å². The first-order valence-corrected chi connectivity index (χ1v) is 11.6. The van der Waals surface area contributed by atoms with E-state index in [0.29, 0.717) is 30.8 Å². The Morgan fingerprint density at radius 1 is 0.971 bits per heavy atom. The minimum Gasteiger partial charge on any atom is -0.368 e. The fraction of sp³-hybridized carbons (Fsp3) is 0.296. The minimum atomic E-state index is -4.46. The molecule has 0 aromatic heterocycles. The second-order valence-electron chi connectivity index (χ2n) is 9.00. The predicted molar refractivity (Wildman–Crippen MR) is 127 cm³/mol. The summed E-state index contributed by atoms with van der Waals surface area (Å²) in [5.74, 6) is -1.28. The summed E-state index contributed by atoms with van der Waals surface area (Å²) in [6.07, 6.45) is -4.27. The maximum absolute atomic E-state index is 14.1. The highest BCUT2D eigenvalue weighted by Gasteiger charge is 2.42. The highest BCUT2D eigenvalue weighted by molar-refractivity contribution is 5.82. The fourth-order valence-electron chi connectivity index (χ4n) is 5.13. The van der Waals surface area contributed by atoms with Crippen LogP contribution in [0.2, 0.25) is 0 Å². The lowest BCUT2D eigenvalue weighted by molar-refractivity contribution is -0.137. The molecule has 2 atom stereocenters. The van der Waals surface area contributed by atoms with Crippen LogP contribution in [0, 0.1) is 11.7 Å². The molecule has 1 saturated heterocycles. The monoisotopic (exact) mass is 483 g/mol. The number of piperazine rings is 1. The lowest BCUT2D eigenvalue weighted by Crippen LogP contribution is -2.61. The molecule has 3 aromatic rings. The van der Waals surface area contributed by atoms with Crippen molar-refractivity contribution in [3.05, 3.63) is 95.3 Å². The number of rotatable bonds is 4. The van der Waals surface area contributed by atoms with Crippen molar-refractivity contribution in [1.82, 2.24) is 5.32 Å². The molecule has 182 valence electrons. The molecule has 2 aliphatic rings. The normalized spacial score (nSPS) is 19.7. The molecule has 2 heterocycles. The first kappa shape index (κ1) is 23.2. The van der Waals surface area contributed by atoms with Gasteiger partial charge in [-0.05, 0) is 48.4 Å². The second kappa shape index (κ2) is 9.24. The van der Waals surface area contributed by atoms with Crippen molar-refractivity contribution in [2.75, 3.05) is 29.4 Å². The van der Waals surface area contributed by atoms with Crippen molar-refractivity contribution in [3.8, 4) is 0 Å². The fourth-order valence-corrected chi connectivity index (χ4v) is 5.13. The molecular weight excluding hydrogens is 458 g/mol. The predicted octanol–water partition coefficient (Wildman–Crippen LogP) is 5.03. The average molecular weight is 484 g/mol. The summed E-state index contributed by atoms with van der Waals surface area (Å²) < 4.78 is 54.3. The smallest absolute Gasteiger partial charge is 0.368 e. The maximum Gasteiger partial charge on any atom is 0.416 e. The van der Waals surface area contributed by atoms with Crippen molar-refractivity contribution in [2.24, 2.45) is 5.92 Å². The summed E-state index contributed by atoms with van der Waals surface area (Å²) in [6, 6.07) is 19.6. The Labute approximate surface area is 201 Å². The van der Waals surface area contributed by atoms with Gasteiger partial charge in [0.1, 0.15) is 5.82 Å². The number of anilines is 2. The quantitative estimate of drug-likeness (QED) is 0.529. The zero-order chi connectivity index (χ0) is 24.6. The highest BCUT2D eigenvalue weighted by atomic mass is 19.4. The van der Waals surface area contributed by atoms with Crippen LogP contribution in [0.4, 0.5) is 28.9 Å². The largest absolute Gasteiger partial charge is 0.416 e. The van der Waals surface area contributed by atoms with Crippen molar-refractivity contribution in [1.29, 1.82) is 0 Å². The van der Waals surface area contributed by atoms with Crippen LogP contribution in [0.15, 0.2) is 72.8 Å². The van der Waals surface area contributed by atoms with E-state index in [1.54, 1.807) is 18.2 Å². The summed E-state index contributed by atoms with van der Waals surface area (Å²) in [7, 11) is 0. The van der Waals surface area contributed by atoms with Gasteiger partial charge in [-0.1, -0.05) is 36.4 Å². The molecule has 0 aliphatic carbocycles. The molecule has 0 radical (unpaired) electrons. The van der Waals surface area contributed by atoms with Crippen molar-refractivity contribution in [2.45, 2.75) is 25.2 Å². The highest BCUT2D eigenvalue weighted by Crippen LogP contribution is 2.40. The second-order valence-corrected chi connectivity index (χ2v) is 9.00. The van der Waals surface area contributed by atoms with Crippen LogP contribution in [0.3, 0.4) is 0 Å². The Morgan fingerprint density at radius 2 is 1.71 bits per heavy atom. The first-order chi connectivity index (χ1) is 16.8. The molecule has 1 amide bonds. The third kappa shape index (κ3) is 4.70. The molecule has 35 heavy (non-hydrogen) atoms. The zero-order valence-corrected chi connectivity index (χ0v) is 18.9. The topological polar surface area (TPSA) is 35.6 Å². The van der Waals surface area contributed by atoms with E-state index in [1.165, 1.54) is 12.1 Å². The van der Waals surface area contributed by atoms with Crippen molar-refractivity contribution in [3.63, 3.8) is 0 Å². The van der Waals surface area contributed by atoms with Crippen molar-refractivity contribution < 1.29 is 22.4 Å². The number of para-hydroxylation sites is 1. The zero-order valence-electron chi connectivity index (χ0n) is 18.9. The average Bonchev–Trinajstić information content (AvgIpc) is 2.87. The van der Waals surface area contributed by atoms with E-state index in [0.717, 1.165) is 23.5 Å². The number of hydrogen-bond donors (Lipinski definition) is 1. The third-order valence-corrected chi connectivity index (χ3v) is 6.91. The Balaban J connectivity index is 1.44. The van der Waals surface area contributed by atoms with Gasteiger partial charge in [-0.15, -0.1) is 0 Å². The Kier molecular flexibility index (Phi) is 6.13. The number of carbonyl (C=O) groups is 1. The molecule has 1 N–H and O–H groups in total. The van der Waals surface area contributed by atoms with Gasteiger partial charge in [0.2, 0.25) is 5.91 Å². The molecule has 2 aliphatic heterocycles. The van der Waals surface area contributed by atoms with Gasteiger partial charge < -0.3 is 15.1 Å². The van der Waals surface area contributed by atoms with Gasteiger partial charge in [-0.3, -0.25) is 4.79 Å². The van der Waals surface area contributed by atoms with Crippen LogP contribution in [0.5, 0.6) is 0 Å². The molecule has 4 nitrogen and oxygen atoms in total. The number of halogens is 4. The van der Waals surface area contributed by atoms with Crippen molar-refractivity contribution >= 4 is 17.3 Å². The van der Waals surface area contributed by atoms with E-state index in [-0.39, 0.29) is 24.9 Å². The Bertz CT molecular complexity index is 1210. The molecule has 0 saturated carbocycles. The number of amides is 1. The number of nitrogens with zero attached hydrogens (tertiary/aromatic N) is 2. The summed E-state index contributed by atoms with van der Waals surface area (Å²) in [5.41, 5.74) is 1.94. The minimum absolute atomic E-state index is 0.0204. The number of fused-ring (bicyclic) bond motifs is 3. The van der Waals surface area contributed by atoms with Crippen LogP contribution in [-0.2, 0) is 23.9 Å². The van der Waals surface area contributed by atoms with E-state index in [1.807, 2.05) is 30.3 Å². The number of hydrogen-bond acceptors (Lipinski definition) is 3. The van der Waals surface area contributed by atoms with Crippen LogP contribution >= 0.6 is 0 Å². The van der Waals surface area contributed by atoms with E-state index >= 15 is 0 Å². The number of benzene rings is 3. The lowest BCUT2D eigenvalue weighted by atomic mass is 9.82. The third-order valence-electron chi connectivity index (χ3n) is 6.91. The number of nitrogens with one attached hydrogen (secondary N) is 1. The first-order valence-electron chi connectivity index (χ1n) is 11.6. The Hall–Kier alpha value is -3.55. The molecular formula is C27H25F4N3O. The summed E-state index contributed by atoms with van der Waals surface area (Å²) in [5, 5.41) is 2.83. The van der Waals surface area contributed by atoms with Crippen LogP contribution in [-0.4, -0.2) is 31.6 Å². The summed E-state index contributed by atoms with van der Waals surface area (Å²) >= 11 is 0. The molecule has 5 rings (SSSR count). The van der Waals surface area contributed by atoms with Gasteiger partial charge >= 0.3 is 6.18 Å². The molecule has 0 spiro atoms. The van der Waals surface area contributed by atoms with Gasteiger partial charge in [-0.25, -0.2) is 4.39 Å². The molecule has 8 heteroatoms. The lowest BCUT2D eigenvalue weighted by Gasteiger charge is -2.49.